The van der Waals surface area contributed by atoms with Gasteiger partial charge in [-0.05, 0) is 5.56 Å². The molecule has 3 aromatic heterocycles. The van der Waals surface area contributed by atoms with Crippen LogP contribution in [0, 0.1) is 0 Å². The molecule has 0 fully saturated rings. The number of nitrogens with one attached hydrogen (secondary N) is 2. The fourth-order valence-electron chi connectivity index (χ4n) is 2.65. The van der Waals surface area contributed by atoms with Gasteiger partial charge < -0.3 is 9.72 Å². The number of hydrogen-bond donors (Lipinski definition) is 2. The summed E-state index contributed by atoms with van der Waals surface area (Å²) in [6, 6.07) is 11.6. The molecule has 8 heteroatoms. The van der Waals surface area contributed by atoms with Crippen LogP contribution in [0.25, 0.3) is 16.9 Å². The molecule has 0 atom stereocenters. The van der Waals surface area contributed by atoms with E-state index in [9.17, 15) is 9.59 Å². The van der Waals surface area contributed by atoms with E-state index in [2.05, 4.69) is 20.1 Å². The van der Waals surface area contributed by atoms with Crippen molar-refractivity contribution in [3.05, 3.63) is 81.4 Å². The second-order valence-electron chi connectivity index (χ2n) is 5.66. The van der Waals surface area contributed by atoms with Gasteiger partial charge >= 0.3 is 5.69 Å². The fraction of sp³-hybridized carbons (Fsp3) is 0.111. The van der Waals surface area contributed by atoms with Crippen molar-refractivity contribution in [2.24, 2.45) is 0 Å². The van der Waals surface area contributed by atoms with Crippen LogP contribution in [-0.4, -0.2) is 31.2 Å². The highest BCUT2D eigenvalue weighted by molar-refractivity contribution is 5.64. The Balaban J connectivity index is 1.66. The molecule has 26 heavy (non-hydrogen) atoms. The van der Waals surface area contributed by atoms with E-state index >= 15 is 0 Å². The fourth-order valence-corrected chi connectivity index (χ4v) is 2.65. The zero-order chi connectivity index (χ0) is 17.9. The van der Waals surface area contributed by atoms with Gasteiger partial charge in [0, 0.05) is 31.1 Å². The molecule has 0 amide bonds. The smallest absolute Gasteiger partial charge is 0.325 e. The Morgan fingerprint density at radius 2 is 2.00 bits per heavy atom. The van der Waals surface area contributed by atoms with Gasteiger partial charge in [-0.3, -0.25) is 9.78 Å². The number of aromatic amines is 2. The Bertz CT molecular complexity index is 1160. The molecular weight excluding hydrogens is 334 g/mol. The summed E-state index contributed by atoms with van der Waals surface area (Å²) in [6.45, 7) is 0.456. The third-order valence-corrected chi connectivity index (χ3v) is 3.91. The van der Waals surface area contributed by atoms with Crippen molar-refractivity contribution in [3.63, 3.8) is 0 Å². The van der Waals surface area contributed by atoms with Crippen molar-refractivity contribution >= 4 is 5.65 Å². The molecule has 0 saturated heterocycles. The van der Waals surface area contributed by atoms with E-state index in [4.69, 9.17) is 4.74 Å². The lowest BCUT2D eigenvalue weighted by Crippen LogP contribution is -2.23. The normalized spacial score (nSPS) is 10.9. The summed E-state index contributed by atoms with van der Waals surface area (Å²) in [5.74, 6) is 0.515. The number of hydrogen-bond acceptors (Lipinski definition) is 5. The van der Waals surface area contributed by atoms with E-state index in [1.165, 1.54) is 16.3 Å². The number of rotatable bonds is 5. The summed E-state index contributed by atoms with van der Waals surface area (Å²) in [7, 11) is 0. The van der Waals surface area contributed by atoms with Crippen molar-refractivity contribution in [2.75, 3.05) is 6.61 Å². The summed E-state index contributed by atoms with van der Waals surface area (Å²) in [4.78, 5) is 32.1. The van der Waals surface area contributed by atoms with Gasteiger partial charge in [-0.2, -0.15) is 5.10 Å². The highest BCUT2D eigenvalue weighted by atomic mass is 16.5. The predicted molar refractivity (Wildman–Crippen MR) is 95.3 cm³/mol. The van der Waals surface area contributed by atoms with Crippen molar-refractivity contribution in [1.29, 1.82) is 0 Å². The lowest BCUT2D eigenvalue weighted by molar-refractivity contribution is 0.323. The van der Waals surface area contributed by atoms with Gasteiger partial charge in [0.05, 0.1) is 12.2 Å². The molecule has 130 valence electrons. The average Bonchev–Trinajstić information content (AvgIpc) is 3.11. The number of imidazole rings is 1. The van der Waals surface area contributed by atoms with Crippen LogP contribution in [0.2, 0.25) is 0 Å². The van der Waals surface area contributed by atoms with Crippen LogP contribution in [0.1, 0.15) is 5.56 Å². The molecule has 0 aliphatic heterocycles. The molecule has 0 bridgehead atoms. The van der Waals surface area contributed by atoms with Crippen LogP contribution in [0.15, 0.2) is 64.6 Å². The molecule has 0 unspecified atom stereocenters. The first-order valence-electron chi connectivity index (χ1n) is 8.04. The minimum atomic E-state index is -0.568. The molecule has 1 aromatic carbocycles. The Morgan fingerprint density at radius 1 is 1.15 bits per heavy atom. The van der Waals surface area contributed by atoms with Gasteiger partial charge in [0.1, 0.15) is 5.69 Å². The molecule has 4 rings (SSSR count). The maximum absolute atomic E-state index is 12.0. The zero-order valence-electron chi connectivity index (χ0n) is 13.7. The van der Waals surface area contributed by atoms with Gasteiger partial charge in [-0.25, -0.2) is 14.3 Å². The summed E-state index contributed by atoms with van der Waals surface area (Å²) in [5, 5.41) is 4.35. The highest BCUT2D eigenvalue weighted by Crippen LogP contribution is 2.23. The third-order valence-electron chi connectivity index (χ3n) is 3.91. The van der Waals surface area contributed by atoms with E-state index in [0.717, 1.165) is 6.42 Å². The number of ether oxygens (including phenoxy) is 1. The average molecular weight is 349 g/mol. The van der Waals surface area contributed by atoms with Gasteiger partial charge in [0.2, 0.25) is 0 Å². The molecular formula is C18H15N5O3. The number of H-pyrrole nitrogens is 2. The van der Waals surface area contributed by atoms with Gasteiger partial charge in [0.25, 0.3) is 5.56 Å². The van der Waals surface area contributed by atoms with E-state index in [1.54, 1.807) is 18.5 Å². The topological polar surface area (TPSA) is 105 Å². The van der Waals surface area contributed by atoms with E-state index < -0.39 is 11.2 Å². The minimum Gasteiger partial charge on any atom is -0.489 e. The molecule has 0 aliphatic carbocycles. The molecule has 3 heterocycles. The number of aromatic nitrogens is 5. The Morgan fingerprint density at radius 3 is 2.81 bits per heavy atom. The molecule has 8 nitrogen and oxygen atoms in total. The van der Waals surface area contributed by atoms with Gasteiger partial charge in [0.15, 0.2) is 11.4 Å². The Labute approximate surface area is 147 Å². The van der Waals surface area contributed by atoms with Crippen LogP contribution in [-0.2, 0) is 6.42 Å². The zero-order valence-corrected chi connectivity index (χ0v) is 13.7. The number of fused-ring (bicyclic) bond motifs is 1. The number of benzene rings is 1. The van der Waals surface area contributed by atoms with E-state index in [0.29, 0.717) is 23.7 Å². The van der Waals surface area contributed by atoms with Crippen molar-refractivity contribution in [1.82, 2.24) is 24.6 Å². The summed E-state index contributed by atoms with van der Waals surface area (Å²) < 4.78 is 7.44. The minimum absolute atomic E-state index is 0.244. The second kappa shape index (κ2) is 6.67. The van der Waals surface area contributed by atoms with Crippen LogP contribution < -0.4 is 16.0 Å². The van der Waals surface area contributed by atoms with Crippen molar-refractivity contribution in [3.8, 4) is 17.0 Å². The van der Waals surface area contributed by atoms with E-state index in [-0.39, 0.29) is 5.56 Å². The lowest BCUT2D eigenvalue weighted by Gasteiger charge is -2.09. The van der Waals surface area contributed by atoms with Crippen LogP contribution in [0.3, 0.4) is 0 Å². The largest absolute Gasteiger partial charge is 0.489 e. The molecule has 4 aromatic rings. The SMILES string of the molecule is O=c1[nH]cc(-c2cc(OCCc3ccccc3)c3nccn3n2)c(=O)[nH]1. The maximum atomic E-state index is 12.0. The quantitative estimate of drug-likeness (QED) is 0.566. The van der Waals surface area contributed by atoms with Crippen LogP contribution in [0.5, 0.6) is 5.75 Å². The summed E-state index contributed by atoms with van der Waals surface area (Å²) in [5.41, 5.74) is 1.26. The molecule has 2 N–H and O–H groups in total. The molecule has 0 spiro atoms. The summed E-state index contributed by atoms with van der Waals surface area (Å²) >= 11 is 0. The standard InChI is InChI=1S/C18H15N5O3/c24-17-13(11-20-18(25)21-17)14-10-15(16-19-7-8-23(16)22-14)26-9-6-12-4-2-1-3-5-12/h1-5,7-8,10-11H,6,9H2,(H2,20,21,24,25). The van der Waals surface area contributed by atoms with Crippen LogP contribution in [0.4, 0.5) is 0 Å². The Hall–Kier alpha value is -3.68. The third kappa shape index (κ3) is 3.12. The van der Waals surface area contributed by atoms with Crippen LogP contribution >= 0.6 is 0 Å². The number of nitrogens with zero attached hydrogens (tertiary/aromatic N) is 3. The van der Waals surface area contributed by atoms with Gasteiger partial charge in [-0.15, -0.1) is 0 Å². The summed E-state index contributed by atoms with van der Waals surface area (Å²) in [6.07, 6.45) is 5.35. The van der Waals surface area contributed by atoms with Crippen molar-refractivity contribution < 1.29 is 4.74 Å². The molecule has 0 radical (unpaired) electrons. The Kier molecular flexibility index (Phi) is 4.06. The second-order valence-corrected chi connectivity index (χ2v) is 5.66. The first kappa shape index (κ1) is 15.8. The van der Waals surface area contributed by atoms with Gasteiger partial charge in [-0.1, -0.05) is 30.3 Å². The lowest BCUT2D eigenvalue weighted by atomic mass is 10.2. The molecule has 0 saturated carbocycles. The monoisotopic (exact) mass is 349 g/mol. The van der Waals surface area contributed by atoms with Crippen molar-refractivity contribution in [2.45, 2.75) is 6.42 Å². The predicted octanol–water partition coefficient (Wildman–Crippen LogP) is 1.39. The highest BCUT2D eigenvalue weighted by Gasteiger charge is 2.13. The molecule has 0 aliphatic rings. The first-order valence-corrected chi connectivity index (χ1v) is 8.04. The van der Waals surface area contributed by atoms with E-state index in [1.807, 2.05) is 30.3 Å². The first-order chi connectivity index (χ1) is 12.7. The maximum Gasteiger partial charge on any atom is 0.325 e.